The van der Waals surface area contributed by atoms with Crippen molar-refractivity contribution in [1.82, 2.24) is 9.80 Å². The van der Waals surface area contributed by atoms with Crippen LogP contribution in [0.25, 0.3) is 5.57 Å². The third-order valence-electron chi connectivity index (χ3n) is 5.22. The molecule has 30 heavy (non-hydrogen) atoms. The summed E-state index contributed by atoms with van der Waals surface area (Å²) >= 11 is 12.5. The van der Waals surface area contributed by atoms with Gasteiger partial charge in [-0.15, -0.1) is 0 Å². The summed E-state index contributed by atoms with van der Waals surface area (Å²) in [6, 6.07) is 14.8. The molecule has 0 aromatic heterocycles. The molecule has 0 N–H and O–H groups in total. The van der Waals surface area contributed by atoms with Crippen LogP contribution in [-0.4, -0.2) is 35.2 Å². The Balaban J connectivity index is 1.97. The zero-order valence-corrected chi connectivity index (χ0v) is 18.8. The summed E-state index contributed by atoms with van der Waals surface area (Å²) < 4.78 is 0. The molecule has 0 fully saturated rings. The van der Waals surface area contributed by atoms with E-state index in [1.54, 1.807) is 18.2 Å². The minimum absolute atomic E-state index is 0.268. The quantitative estimate of drug-likeness (QED) is 0.363. The van der Waals surface area contributed by atoms with Gasteiger partial charge in [-0.2, -0.15) is 0 Å². The average Bonchev–Trinajstić information content (AvgIpc) is 2.96. The van der Waals surface area contributed by atoms with Crippen molar-refractivity contribution in [3.63, 3.8) is 0 Å². The standard InChI is InChI=1S/C24H26Cl2N2O2/c1-3-4-5-9-14-28-23(29)21(19-13-12-18(25)15-20(19)26)22(24(28)30)27(2)16-17-10-7-6-8-11-17/h6-8,10-13,15H,3-5,9,14,16H2,1-2H3. The maximum atomic E-state index is 13.3. The molecule has 2 amide bonds. The first-order valence-electron chi connectivity index (χ1n) is 10.2. The molecule has 1 aliphatic rings. The van der Waals surface area contributed by atoms with Crippen LogP contribution in [0.2, 0.25) is 10.0 Å². The van der Waals surface area contributed by atoms with E-state index in [1.807, 2.05) is 42.3 Å². The van der Waals surface area contributed by atoms with Gasteiger partial charge in [-0.25, -0.2) is 0 Å². The molecule has 0 spiro atoms. The van der Waals surface area contributed by atoms with Gasteiger partial charge in [0.25, 0.3) is 11.8 Å². The van der Waals surface area contributed by atoms with Gasteiger partial charge in [-0.05, 0) is 24.1 Å². The van der Waals surface area contributed by atoms with E-state index in [0.717, 1.165) is 31.2 Å². The summed E-state index contributed by atoms with van der Waals surface area (Å²) in [7, 11) is 1.83. The first kappa shape index (κ1) is 22.4. The summed E-state index contributed by atoms with van der Waals surface area (Å²) in [5.41, 5.74) is 2.31. The van der Waals surface area contributed by atoms with Crippen molar-refractivity contribution in [2.75, 3.05) is 13.6 Å². The molecule has 0 unspecified atom stereocenters. The Kier molecular flexibility index (Phi) is 7.57. The molecule has 2 aromatic carbocycles. The lowest BCUT2D eigenvalue weighted by atomic mass is 10.0. The summed E-state index contributed by atoms with van der Waals surface area (Å²) in [6.45, 7) is 3.05. The fourth-order valence-electron chi connectivity index (χ4n) is 3.69. The number of benzene rings is 2. The van der Waals surface area contributed by atoms with Crippen molar-refractivity contribution < 1.29 is 9.59 Å². The summed E-state index contributed by atoms with van der Waals surface area (Å²) in [5.74, 6) is -0.563. The Labute approximate surface area is 188 Å². The smallest absolute Gasteiger partial charge is 0.277 e. The number of hydrogen-bond donors (Lipinski definition) is 0. The van der Waals surface area contributed by atoms with E-state index in [2.05, 4.69) is 6.92 Å². The Morgan fingerprint density at radius 2 is 1.67 bits per heavy atom. The number of halogens is 2. The molecule has 2 aromatic rings. The first-order valence-corrected chi connectivity index (χ1v) is 11.0. The molecule has 0 atom stereocenters. The fraction of sp³-hybridized carbons (Fsp3) is 0.333. The maximum Gasteiger partial charge on any atom is 0.277 e. The average molecular weight is 445 g/mol. The number of amides is 2. The van der Waals surface area contributed by atoms with Gasteiger partial charge in [0.2, 0.25) is 0 Å². The van der Waals surface area contributed by atoms with Crippen molar-refractivity contribution in [2.45, 2.75) is 39.2 Å². The Morgan fingerprint density at radius 1 is 0.933 bits per heavy atom. The van der Waals surface area contributed by atoms with Crippen LogP contribution in [0.3, 0.4) is 0 Å². The van der Waals surface area contributed by atoms with Crippen LogP contribution in [0.15, 0.2) is 54.2 Å². The predicted octanol–water partition coefficient (Wildman–Crippen LogP) is 5.79. The Morgan fingerprint density at radius 3 is 2.33 bits per heavy atom. The Hall–Kier alpha value is -2.30. The summed E-state index contributed by atoms with van der Waals surface area (Å²) in [6.07, 6.45) is 3.96. The highest BCUT2D eigenvalue weighted by molar-refractivity contribution is 6.41. The third kappa shape index (κ3) is 4.88. The minimum Gasteiger partial charge on any atom is -0.365 e. The molecule has 0 aliphatic carbocycles. The van der Waals surface area contributed by atoms with E-state index >= 15 is 0 Å². The predicted molar refractivity (Wildman–Crippen MR) is 122 cm³/mol. The van der Waals surface area contributed by atoms with Crippen LogP contribution in [0.5, 0.6) is 0 Å². The maximum absolute atomic E-state index is 13.3. The van der Waals surface area contributed by atoms with Gasteiger partial charge < -0.3 is 4.90 Å². The van der Waals surface area contributed by atoms with Crippen molar-refractivity contribution >= 4 is 40.6 Å². The van der Waals surface area contributed by atoms with Crippen LogP contribution < -0.4 is 0 Å². The molecule has 1 heterocycles. The molecule has 0 saturated heterocycles. The zero-order chi connectivity index (χ0) is 21.7. The second kappa shape index (κ2) is 10.1. The molecule has 4 nitrogen and oxygen atoms in total. The largest absolute Gasteiger partial charge is 0.365 e. The van der Waals surface area contributed by atoms with E-state index in [4.69, 9.17) is 23.2 Å². The second-order valence-corrected chi connectivity index (χ2v) is 8.36. The monoisotopic (exact) mass is 444 g/mol. The lowest BCUT2D eigenvalue weighted by Gasteiger charge is -2.21. The number of unbranched alkanes of at least 4 members (excludes halogenated alkanes) is 3. The number of rotatable bonds is 9. The molecule has 158 valence electrons. The van der Waals surface area contributed by atoms with E-state index in [0.29, 0.717) is 40.0 Å². The molecular formula is C24H26Cl2N2O2. The summed E-state index contributed by atoms with van der Waals surface area (Å²) in [4.78, 5) is 29.8. The molecule has 3 rings (SSSR count). The number of hydrogen-bond acceptors (Lipinski definition) is 3. The molecular weight excluding hydrogens is 419 g/mol. The van der Waals surface area contributed by atoms with Crippen molar-refractivity contribution in [2.24, 2.45) is 0 Å². The number of likely N-dealkylation sites (N-methyl/N-ethyl adjacent to an activating group) is 1. The van der Waals surface area contributed by atoms with E-state index in [9.17, 15) is 9.59 Å². The lowest BCUT2D eigenvalue weighted by molar-refractivity contribution is -0.137. The second-order valence-electron chi connectivity index (χ2n) is 7.51. The molecule has 1 aliphatic heterocycles. The number of nitrogens with zero attached hydrogens (tertiary/aromatic N) is 2. The zero-order valence-electron chi connectivity index (χ0n) is 17.3. The molecule has 0 radical (unpaired) electrons. The molecule has 6 heteroatoms. The third-order valence-corrected chi connectivity index (χ3v) is 5.77. The molecule has 0 bridgehead atoms. The van der Waals surface area contributed by atoms with Gasteiger partial charge in [0.05, 0.1) is 10.6 Å². The van der Waals surface area contributed by atoms with Gasteiger partial charge in [-0.3, -0.25) is 14.5 Å². The van der Waals surface area contributed by atoms with Gasteiger partial charge >= 0.3 is 0 Å². The highest BCUT2D eigenvalue weighted by Gasteiger charge is 2.41. The normalized spacial score (nSPS) is 14.1. The SMILES string of the molecule is CCCCCCN1C(=O)C(c2ccc(Cl)cc2Cl)=C(N(C)Cc2ccccc2)C1=O. The highest BCUT2D eigenvalue weighted by atomic mass is 35.5. The minimum atomic E-state index is -0.296. The van der Waals surface area contributed by atoms with Crippen LogP contribution in [-0.2, 0) is 16.1 Å². The molecule has 0 saturated carbocycles. The summed E-state index contributed by atoms with van der Waals surface area (Å²) in [5, 5.41) is 0.842. The fourth-order valence-corrected chi connectivity index (χ4v) is 4.19. The van der Waals surface area contributed by atoms with E-state index < -0.39 is 0 Å². The van der Waals surface area contributed by atoms with Gasteiger partial charge in [0.1, 0.15) is 5.70 Å². The van der Waals surface area contributed by atoms with E-state index in [1.165, 1.54) is 4.90 Å². The van der Waals surface area contributed by atoms with Gasteiger partial charge in [-0.1, -0.05) is 85.8 Å². The lowest BCUT2D eigenvalue weighted by Crippen LogP contribution is -2.34. The van der Waals surface area contributed by atoms with Crippen molar-refractivity contribution in [1.29, 1.82) is 0 Å². The number of carbonyl (C=O) groups excluding carboxylic acids is 2. The Bertz CT molecular complexity index is 957. The van der Waals surface area contributed by atoms with Crippen LogP contribution >= 0.6 is 23.2 Å². The van der Waals surface area contributed by atoms with Crippen molar-refractivity contribution in [3.05, 3.63) is 75.4 Å². The number of imide groups is 1. The highest BCUT2D eigenvalue weighted by Crippen LogP contribution is 2.36. The van der Waals surface area contributed by atoms with Gasteiger partial charge in [0, 0.05) is 30.7 Å². The van der Waals surface area contributed by atoms with Crippen LogP contribution in [0.4, 0.5) is 0 Å². The van der Waals surface area contributed by atoms with E-state index in [-0.39, 0.29) is 11.8 Å². The van der Waals surface area contributed by atoms with Crippen LogP contribution in [0, 0.1) is 0 Å². The van der Waals surface area contributed by atoms with Gasteiger partial charge in [0.15, 0.2) is 0 Å². The van der Waals surface area contributed by atoms with Crippen LogP contribution in [0.1, 0.15) is 43.7 Å². The first-order chi connectivity index (χ1) is 14.4. The topological polar surface area (TPSA) is 40.6 Å². The van der Waals surface area contributed by atoms with Crippen molar-refractivity contribution in [3.8, 4) is 0 Å². The number of carbonyl (C=O) groups is 2.